The van der Waals surface area contributed by atoms with Gasteiger partial charge in [-0.3, -0.25) is 4.79 Å². The molecule has 0 spiro atoms. The molecule has 2 heterocycles. The standard InChI is InChI=1S/C24H20BrCl2N3OS/c1-12-8-17(9-13(2)21(12)25)28-24-29-23(31)20(32-24)11-16-10-14(3)30(15(16)4)19-7-5-6-18(26)22(19)27/h5-11H,1-4H3,(H,28,29,31)/b20-11-. The van der Waals surface area contributed by atoms with Crippen LogP contribution in [0.5, 0.6) is 0 Å². The number of aryl methyl sites for hydroxylation is 3. The van der Waals surface area contributed by atoms with Crippen LogP contribution in [0.2, 0.25) is 10.0 Å². The molecule has 8 heteroatoms. The Morgan fingerprint density at radius 2 is 1.78 bits per heavy atom. The third-order valence-corrected chi connectivity index (χ3v) is 8.20. The number of amides is 1. The molecule has 4 nitrogen and oxygen atoms in total. The average molecular weight is 549 g/mol. The van der Waals surface area contributed by atoms with Gasteiger partial charge in [0.15, 0.2) is 5.17 Å². The quantitative estimate of drug-likeness (QED) is 0.341. The molecule has 1 fully saturated rings. The molecular weight excluding hydrogens is 529 g/mol. The Balaban J connectivity index is 1.67. The van der Waals surface area contributed by atoms with Crippen LogP contribution in [0.3, 0.4) is 0 Å². The molecule has 0 saturated carbocycles. The largest absolute Gasteiger partial charge is 0.316 e. The van der Waals surface area contributed by atoms with Gasteiger partial charge >= 0.3 is 0 Å². The molecule has 0 radical (unpaired) electrons. The molecule has 3 aromatic rings. The first-order valence-electron chi connectivity index (χ1n) is 9.85. The van der Waals surface area contributed by atoms with Crippen molar-refractivity contribution >= 4 is 73.7 Å². The zero-order valence-corrected chi connectivity index (χ0v) is 21.8. The van der Waals surface area contributed by atoms with Gasteiger partial charge in [-0.25, -0.2) is 4.99 Å². The van der Waals surface area contributed by atoms with Crippen molar-refractivity contribution < 1.29 is 4.79 Å². The zero-order valence-electron chi connectivity index (χ0n) is 17.9. The van der Waals surface area contributed by atoms with Gasteiger partial charge in [0, 0.05) is 15.9 Å². The predicted octanol–water partition coefficient (Wildman–Crippen LogP) is 7.67. The summed E-state index contributed by atoms with van der Waals surface area (Å²) < 4.78 is 3.11. The number of aromatic nitrogens is 1. The molecule has 0 unspecified atom stereocenters. The number of hydrogen-bond donors (Lipinski definition) is 1. The molecule has 2 aromatic carbocycles. The minimum atomic E-state index is -0.162. The highest BCUT2D eigenvalue weighted by Crippen LogP contribution is 2.34. The van der Waals surface area contributed by atoms with Crippen LogP contribution in [-0.2, 0) is 4.79 Å². The Morgan fingerprint density at radius 3 is 2.47 bits per heavy atom. The molecule has 0 bridgehead atoms. The van der Waals surface area contributed by atoms with Crippen LogP contribution >= 0.6 is 50.9 Å². The lowest BCUT2D eigenvalue weighted by Gasteiger charge is -2.12. The number of thioether (sulfide) groups is 1. The fraction of sp³-hybridized carbons (Fsp3) is 0.167. The van der Waals surface area contributed by atoms with Gasteiger partial charge < -0.3 is 9.88 Å². The van der Waals surface area contributed by atoms with Gasteiger partial charge in [-0.15, -0.1) is 0 Å². The van der Waals surface area contributed by atoms with Gasteiger partial charge in [0.05, 0.1) is 26.3 Å². The molecule has 164 valence electrons. The van der Waals surface area contributed by atoms with Gasteiger partial charge in [0.25, 0.3) is 5.91 Å². The topological polar surface area (TPSA) is 46.4 Å². The maximum atomic E-state index is 12.6. The van der Waals surface area contributed by atoms with Gasteiger partial charge in [0.2, 0.25) is 0 Å². The highest BCUT2D eigenvalue weighted by molar-refractivity contribution is 9.10. The molecule has 1 aliphatic heterocycles. The average Bonchev–Trinajstić information content (AvgIpc) is 3.20. The van der Waals surface area contributed by atoms with Crippen molar-refractivity contribution in [1.82, 2.24) is 9.88 Å². The summed E-state index contributed by atoms with van der Waals surface area (Å²) in [6.07, 6.45) is 1.89. The second kappa shape index (κ2) is 9.10. The molecule has 1 saturated heterocycles. The van der Waals surface area contributed by atoms with E-state index in [1.54, 1.807) is 6.07 Å². The van der Waals surface area contributed by atoms with E-state index in [1.165, 1.54) is 11.8 Å². The zero-order chi connectivity index (χ0) is 23.2. The number of nitrogens with zero attached hydrogens (tertiary/aromatic N) is 2. The highest BCUT2D eigenvalue weighted by atomic mass is 79.9. The van der Waals surface area contributed by atoms with E-state index in [9.17, 15) is 4.79 Å². The Labute approximate surface area is 209 Å². The summed E-state index contributed by atoms with van der Waals surface area (Å²) in [4.78, 5) is 17.8. The maximum absolute atomic E-state index is 12.6. The number of benzene rings is 2. The number of carbonyl (C=O) groups excluding carboxylic acids is 1. The molecular formula is C24H20BrCl2N3OS. The van der Waals surface area contributed by atoms with Crippen molar-refractivity contribution in [2.45, 2.75) is 27.7 Å². The van der Waals surface area contributed by atoms with Gasteiger partial charge in [-0.1, -0.05) is 45.2 Å². The summed E-state index contributed by atoms with van der Waals surface area (Å²) in [6.45, 7) is 8.04. The summed E-state index contributed by atoms with van der Waals surface area (Å²) in [7, 11) is 0. The van der Waals surface area contributed by atoms with Crippen LogP contribution in [0, 0.1) is 27.7 Å². The van der Waals surface area contributed by atoms with Crippen LogP contribution in [0.4, 0.5) is 5.69 Å². The van der Waals surface area contributed by atoms with Crippen LogP contribution in [0.25, 0.3) is 11.8 Å². The Hall–Kier alpha value is -1.99. The van der Waals surface area contributed by atoms with E-state index in [0.717, 1.165) is 43.9 Å². The Bertz CT molecular complexity index is 1300. The van der Waals surface area contributed by atoms with Crippen molar-refractivity contribution in [1.29, 1.82) is 0 Å². The Kier molecular flexibility index (Phi) is 6.59. The summed E-state index contributed by atoms with van der Waals surface area (Å²) >= 11 is 17.6. The predicted molar refractivity (Wildman–Crippen MR) is 140 cm³/mol. The second-order valence-electron chi connectivity index (χ2n) is 7.61. The van der Waals surface area contributed by atoms with Gasteiger partial charge in [0.1, 0.15) is 0 Å². The highest BCUT2D eigenvalue weighted by Gasteiger charge is 2.25. The number of hydrogen-bond acceptors (Lipinski definition) is 3. The lowest BCUT2D eigenvalue weighted by atomic mass is 10.1. The fourth-order valence-electron chi connectivity index (χ4n) is 3.70. The van der Waals surface area contributed by atoms with Gasteiger partial charge in [-0.05, 0) is 92.6 Å². The summed E-state index contributed by atoms with van der Waals surface area (Å²) in [5, 5.41) is 4.43. The lowest BCUT2D eigenvalue weighted by Crippen LogP contribution is -2.19. The normalized spacial score (nSPS) is 16.3. The second-order valence-corrected chi connectivity index (χ2v) is 10.2. The lowest BCUT2D eigenvalue weighted by molar-refractivity contribution is -0.115. The van der Waals surface area contributed by atoms with Gasteiger partial charge in [-0.2, -0.15) is 0 Å². The van der Waals surface area contributed by atoms with E-state index < -0.39 is 0 Å². The van der Waals surface area contributed by atoms with Crippen LogP contribution < -0.4 is 5.32 Å². The number of nitrogens with one attached hydrogen (secondary N) is 1. The van der Waals surface area contributed by atoms with Crippen molar-refractivity contribution in [2.75, 3.05) is 0 Å². The maximum Gasteiger partial charge on any atom is 0.264 e. The van der Waals surface area contributed by atoms with Crippen LogP contribution in [0.1, 0.15) is 28.1 Å². The van der Waals surface area contributed by atoms with Crippen molar-refractivity contribution in [3.05, 3.63) is 83.9 Å². The SMILES string of the molecule is Cc1cc(N=C2NC(=O)/C(=C/c3cc(C)n(-c4cccc(Cl)c4Cl)c3C)S2)cc(C)c1Br. The van der Waals surface area contributed by atoms with E-state index in [-0.39, 0.29) is 5.91 Å². The number of amidine groups is 1. The summed E-state index contributed by atoms with van der Waals surface area (Å²) in [5.41, 5.74) is 6.72. The van der Waals surface area contributed by atoms with E-state index in [2.05, 4.69) is 26.2 Å². The molecule has 32 heavy (non-hydrogen) atoms. The third-order valence-electron chi connectivity index (χ3n) is 5.23. The monoisotopic (exact) mass is 547 g/mol. The first kappa shape index (κ1) is 23.2. The fourth-order valence-corrected chi connectivity index (χ4v) is 5.14. The third kappa shape index (κ3) is 4.42. The van der Waals surface area contributed by atoms with Crippen LogP contribution in [0.15, 0.2) is 50.8 Å². The van der Waals surface area contributed by atoms with E-state index in [4.69, 9.17) is 23.2 Å². The van der Waals surface area contributed by atoms with Crippen molar-refractivity contribution in [3.63, 3.8) is 0 Å². The summed E-state index contributed by atoms with van der Waals surface area (Å²) in [6, 6.07) is 11.6. The van der Waals surface area contributed by atoms with E-state index in [0.29, 0.717) is 20.1 Å². The first-order valence-corrected chi connectivity index (χ1v) is 12.2. The number of halogens is 3. The molecule has 1 N–H and O–H groups in total. The van der Waals surface area contributed by atoms with Crippen molar-refractivity contribution in [3.8, 4) is 5.69 Å². The minimum Gasteiger partial charge on any atom is -0.316 e. The van der Waals surface area contributed by atoms with Crippen molar-refractivity contribution in [2.24, 2.45) is 4.99 Å². The molecule has 1 aromatic heterocycles. The first-order chi connectivity index (χ1) is 15.2. The Morgan fingerprint density at radius 1 is 1.09 bits per heavy atom. The molecule has 0 atom stereocenters. The molecule has 4 rings (SSSR count). The summed E-state index contributed by atoms with van der Waals surface area (Å²) in [5.74, 6) is -0.162. The van der Waals surface area contributed by atoms with E-state index >= 15 is 0 Å². The number of rotatable bonds is 3. The molecule has 1 aliphatic rings. The van der Waals surface area contributed by atoms with E-state index in [1.807, 2.05) is 68.7 Å². The smallest absolute Gasteiger partial charge is 0.264 e. The molecule has 0 aliphatic carbocycles. The number of aliphatic imine (C=N–C) groups is 1. The van der Waals surface area contributed by atoms with Crippen LogP contribution in [-0.4, -0.2) is 15.6 Å². The minimum absolute atomic E-state index is 0.162. The molecule has 1 amide bonds. The number of carbonyl (C=O) groups is 1.